The van der Waals surface area contributed by atoms with Crippen LogP contribution in [0.15, 0.2) is 24.3 Å². The van der Waals surface area contributed by atoms with Crippen LogP contribution in [0.3, 0.4) is 0 Å². The van der Waals surface area contributed by atoms with Gasteiger partial charge in [-0.1, -0.05) is 0 Å². The molecular weight excluding hydrogens is 281 g/mol. The van der Waals surface area contributed by atoms with Crippen LogP contribution >= 0.6 is 0 Å². The van der Waals surface area contributed by atoms with Crippen molar-refractivity contribution in [2.24, 2.45) is 0 Å². The first-order valence-corrected chi connectivity index (χ1v) is 7.70. The van der Waals surface area contributed by atoms with Crippen molar-refractivity contribution in [1.82, 2.24) is 15.2 Å². The molecule has 0 aliphatic carbocycles. The second-order valence-electron chi connectivity index (χ2n) is 6.10. The summed E-state index contributed by atoms with van der Waals surface area (Å²) < 4.78 is 13.2. The lowest BCUT2D eigenvalue weighted by Crippen LogP contribution is -2.42. The van der Waals surface area contributed by atoms with E-state index in [2.05, 4.69) is 42.9 Å². The van der Waals surface area contributed by atoms with Gasteiger partial charge in [0.05, 0.1) is 0 Å². The molecule has 2 aromatic rings. The smallest absolute Gasteiger partial charge is 0.267 e. The van der Waals surface area contributed by atoms with Gasteiger partial charge in [-0.2, -0.15) is 0 Å². The average Bonchev–Trinajstić information content (AvgIpc) is 2.85. The number of benzene rings is 1. The lowest BCUT2D eigenvalue weighted by Gasteiger charge is -2.30. The molecule has 120 valence electrons. The molecule has 0 bridgehead atoms. The summed E-state index contributed by atoms with van der Waals surface area (Å²) in [6.07, 6.45) is 0. The molecule has 0 saturated heterocycles. The number of fused-ring (bicyclic) bond motifs is 1. The summed E-state index contributed by atoms with van der Waals surface area (Å²) >= 11 is 0. The van der Waals surface area contributed by atoms with E-state index in [9.17, 15) is 9.18 Å². The van der Waals surface area contributed by atoms with Gasteiger partial charge in [0.2, 0.25) is 0 Å². The van der Waals surface area contributed by atoms with Crippen LogP contribution in [0, 0.1) is 5.82 Å². The Bertz CT molecular complexity index is 640. The highest BCUT2D eigenvalue weighted by atomic mass is 19.1. The van der Waals surface area contributed by atoms with Gasteiger partial charge in [-0.15, -0.1) is 0 Å². The molecular formula is C17H24FN3O. The number of carbonyl (C=O) groups excluding carboxylic acids is 1. The molecule has 22 heavy (non-hydrogen) atoms. The minimum atomic E-state index is -0.303. The number of aromatic amines is 1. The van der Waals surface area contributed by atoms with Crippen molar-refractivity contribution in [2.75, 3.05) is 13.1 Å². The van der Waals surface area contributed by atoms with Crippen LogP contribution < -0.4 is 5.32 Å². The second kappa shape index (κ2) is 6.92. The molecule has 0 atom stereocenters. The maximum atomic E-state index is 13.2. The number of carbonyl (C=O) groups is 1. The Hall–Kier alpha value is -1.88. The zero-order valence-electron chi connectivity index (χ0n) is 13.6. The number of H-pyrrole nitrogens is 1. The third-order valence-corrected chi connectivity index (χ3v) is 3.81. The first kappa shape index (κ1) is 16.5. The molecule has 0 radical (unpaired) electrons. The Morgan fingerprint density at radius 1 is 1.23 bits per heavy atom. The second-order valence-corrected chi connectivity index (χ2v) is 6.10. The summed E-state index contributed by atoms with van der Waals surface area (Å²) in [4.78, 5) is 17.5. The molecule has 1 heterocycles. The van der Waals surface area contributed by atoms with Gasteiger partial charge in [0.25, 0.3) is 5.91 Å². The van der Waals surface area contributed by atoms with Crippen LogP contribution in [0.2, 0.25) is 0 Å². The number of amides is 1. The van der Waals surface area contributed by atoms with Crippen LogP contribution in [0.25, 0.3) is 10.9 Å². The molecule has 0 aliphatic heterocycles. The number of halogens is 1. The molecule has 1 amide bonds. The molecule has 1 aromatic heterocycles. The standard InChI is InChI=1S/C17H24FN3O/c1-11(2)21(12(3)4)8-7-19-17(22)16-10-13-9-14(18)5-6-15(13)20-16/h5-6,9-12,20H,7-8H2,1-4H3,(H,19,22). The van der Waals surface area contributed by atoms with Crippen LogP contribution in [0.1, 0.15) is 38.2 Å². The molecule has 0 spiro atoms. The van der Waals surface area contributed by atoms with Gasteiger partial charge in [0.15, 0.2) is 0 Å². The highest BCUT2D eigenvalue weighted by Crippen LogP contribution is 2.16. The maximum Gasteiger partial charge on any atom is 0.267 e. The monoisotopic (exact) mass is 305 g/mol. The van der Waals surface area contributed by atoms with E-state index in [4.69, 9.17) is 0 Å². The van der Waals surface area contributed by atoms with E-state index in [1.165, 1.54) is 12.1 Å². The molecule has 4 nitrogen and oxygen atoms in total. The SMILES string of the molecule is CC(C)N(CCNC(=O)c1cc2cc(F)ccc2[nH]1)C(C)C. The molecule has 0 fully saturated rings. The summed E-state index contributed by atoms with van der Waals surface area (Å²) in [5, 5.41) is 3.61. The highest BCUT2D eigenvalue weighted by Gasteiger charge is 2.14. The van der Waals surface area contributed by atoms with E-state index in [0.717, 1.165) is 12.1 Å². The summed E-state index contributed by atoms with van der Waals surface area (Å²) in [5.74, 6) is -0.466. The van der Waals surface area contributed by atoms with E-state index < -0.39 is 0 Å². The van der Waals surface area contributed by atoms with E-state index in [0.29, 0.717) is 29.7 Å². The Labute approximate surface area is 130 Å². The first-order chi connectivity index (χ1) is 10.4. The van der Waals surface area contributed by atoms with Crippen LogP contribution in [0.4, 0.5) is 4.39 Å². The number of rotatable bonds is 6. The molecule has 0 saturated carbocycles. The Morgan fingerprint density at radius 3 is 2.55 bits per heavy atom. The summed E-state index contributed by atoms with van der Waals surface area (Å²) in [6.45, 7) is 9.97. The molecule has 2 rings (SSSR count). The van der Waals surface area contributed by atoms with Crippen molar-refractivity contribution in [2.45, 2.75) is 39.8 Å². The topological polar surface area (TPSA) is 48.1 Å². The zero-order valence-corrected chi connectivity index (χ0v) is 13.6. The van der Waals surface area contributed by atoms with Crippen LogP contribution in [0.5, 0.6) is 0 Å². The van der Waals surface area contributed by atoms with Gasteiger partial charge in [-0.25, -0.2) is 4.39 Å². The number of hydrogen-bond acceptors (Lipinski definition) is 2. The molecule has 5 heteroatoms. The van der Waals surface area contributed by atoms with Crippen LogP contribution in [-0.2, 0) is 0 Å². The minimum absolute atomic E-state index is 0.163. The largest absolute Gasteiger partial charge is 0.351 e. The summed E-state index contributed by atoms with van der Waals surface area (Å²) in [7, 11) is 0. The molecule has 1 aromatic carbocycles. The van der Waals surface area contributed by atoms with Crippen molar-refractivity contribution < 1.29 is 9.18 Å². The van der Waals surface area contributed by atoms with Crippen molar-refractivity contribution in [3.63, 3.8) is 0 Å². The van der Waals surface area contributed by atoms with Crippen molar-refractivity contribution >= 4 is 16.8 Å². The van der Waals surface area contributed by atoms with Crippen LogP contribution in [-0.4, -0.2) is 41.0 Å². The van der Waals surface area contributed by atoms with E-state index in [1.54, 1.807) is 12.1 Å². The quantitative estimate of drug-likeness (QED) is 0.861. The van der Waals surface area contributed by atoms with E-state index >= 15 is 0 Å². The number of hydrogen-bond donors (Lipinski definition) is 2. The third-order valence-electron chi connectivity index (χ3n) is 3.81. The third kappa shape index (κ3) is 3.85. The fraction of sp³-hybridized carbons (Fsp3) is 0.471. The number of nitrogens with one attached hydrogen (secondary N) is 2. The van der Waals surface area contributed by atoms with Gasteiger partial charge in [0, 0.05) is 36.1 Å². The van der Waals surface area contributed by atoms with Crippen molar-refractivity contribution in [3.05, 3.63) is 35.8 Å². The fourth-order valence-corrected chi connectivity index (χ4v) is 2.73. The highest BCUT2D eigenvalue weighted by molar-refractivity contribution is 5.97. The number of nitrogens with zero attached hydrogens (tertiary/aromatic N) is 1. The lowest BCUT2D eigenvalue weighted by molar-refractivity contribution is 0.0935. The van der Waals surface area contributed by atoms with Crippen molar-refractivity contribution in [1.29, 1.82) is 0 Å². The van der Waals surface area contributed by atoms with Gasteiger partial charge in [-0.3, -0.25) is 9.69 Å². The Morgan fingerprint density at radius 2 is 1.91 bits per heavy atom. The minimum Gasteiger partial charge on any atom is -0.351 e. The Kier molecular flexibility index (Phi) is 5.19. The predicted octanol–water partition coefficient (Wildman–Crippen LogP) is 3.16. The lowest BCUT2D eigenvalue weighted by atomic mass is 10.2. The van der Waals surface area contributed by atoms with E-state index in [1.807, 2.05) is 0 Å². The van der Waals surface area contributed by atoms with Gasteiger partial charge >= 0.3 is 0 Å². The van der Waals surface area contributed by atoms with E-state index in [-0.39, 0.29) is 11.7 Å². The van der Waals surface area contributed by atoms with Gasteiger partial charge in [-0.05, 0) is 52.0 Å². The van der Waals surface area contributed by atoms with Gasteiger partial charge < -0.3 is 10.3 Å². The molecule has 2 N–H and O–H groups in total. The normalized spacial score (nSPS) is 11.8. The summed E-state index contributed by atoms with van der Waals surface area (Å²) in [5.41, 5.74) is 1.22. The fourth-order valence-electron chi connectivity index (χ4n) is 2.73. The maximum absolute atomic E-state index is 13.2. The molecule has 0 aliphatic rings. The Balaban J connectivity index is 1.96. The summed E-state index contributed by atoms with van der Waals surface area (Å²) in [6, 6.07) is 6.99. The molecule has 0 unspecified atom stereocenters. The van der Waals surface area contributed by atoms with Crippen molar-refractivity contribution in [3.8, 4) is 0 Å². The first-order valence-electron chi connectivity index (χ1n) is 7.70. The average molecular weight is 305 g/mol. The van der Waals surface area contributed by atoms with Gasteiger partial charge in [0.1, 0.15) is 11.5 Å². The predicted molar refractivity (Wildman–Crippen MR) is 87.6 cm³/mol. The zero-order chi connectivity index (χ0) is 16.3. The number of aromatic nitrogens is 1.